The van der Waals surface area contributed by atoms with E-state index in [2.05, 4.69) is 5.32 Å². The third kappa shape index (κ3) is 6.90. The summed E-state index contributed by atoms with van der Waals surface area (Å²) in [6.45, 7) is 1.65. The molecule has 0 saturated heterocycles. The van der Waals surface area contributed by atoms with Crippen LogP contribution in [0.2, 0.25) is 0 Å². The van der Waals surface area contributed by atoms with E-state index in [0.29, 0.717) is 12.1 Å². The molecule has 29 heavy (non-hydrogen) atoms. The Morgan fingerprint density at radius 1 is 1.10 bits per heavy atom. The average molecular weight is 418 g/mol. The number of benzene rings is 2. The number of carbonyl (C=O) groups is 3. The summed E-state index contributed by atoms with van der Waals surface area (Å²) in [4.78, 5) is 38.7. The van der Waals surface area contributed by atoms with E-state index in [1.54, 1.807) is 37.3 Å². The minimum atomic E-state index is -0.583. The third-order valence-corrected chi connectivity index (χ3v) is 4.92. The van der Waals surface area contributed by atoms with Gasteiger partial charge in [-0.3, -0.25) is 9.59 Å². The number of likely N-dealkylation sites (N-methyl/N-ethyl adjacent to an activating group) is 1. The van der Waals surface area contributed by atoms with E-state index in [9.17, 15) is 18.8 Å². The fraction of sp³-hybridized carbons (Fsp3) is 0.286. The standard InChI is InChI=1S/C21H23FN2O4S/c1-3-24(13-19(25)23-12-15-8-10-16(22)11-9-15)20(26)14-28-21(27)17-6-4-5-7-18(17)29-2/h4-11H,3,12-14H2,1-2H3,(H,23,25). The number of nitrogens with one attached hydrogen (secondary N) is 1. The molecule has 0 unspecified atom stereocenters. The van der Waals surface area contributed by atoms with Crippen LogP contribution in [0.25, 0.3) is 0 Å². The molecule has 0 bridgehead atoms. The number of halogens is 1. The first-order chi connectivity index (χ1) is 13.9. The third-order valence-electron chi connectivity index (χ3n) is 4.13. The Morgan fingerprint density at radius 3 is 2.45 bits per heavy atom. The van der Waals surface area contributed by atoms with Crippen molar-refractivity contribution in [3.63, 3.8) is 0 Å². The summed E-state index contributed by atoms with van der Waals surface area (Å²) in [7, 11) is 0. The second kappa shape index (κ2) is 11.2. The molecule has 2 aromatic rings. The quantitative estimate of drug-likeness (QED) is 0.501. The van der Waals surface area contributed by atoms with E-state index < -0.39 is 18.5 Å². The van der Waals surface area contributed by atoms with Crippen LogP contribution in [-0.2, 0) is 20.9 Å². The Kier molecular flexibility index (Phi) is 8.67. The van der Waals surface area contributed by atoms with Gasteiger partial charge in [0, 0.05) is 18.0 Å². The van der Waals surface area contributed by atoms with Gasteiger partial charge in [-0.15, -0.1) is 11.8 Å². The van der Waals surface area contributed by atoms with Gasteiger partial charge in [-0.25, -0.2) is 9.18 Å². The van der Waals surface area contributed by atoms with Crippen LogP contribution in [0.5, 0.6) is 0 Å². The van der Waals surface area contributed by atoms with E-state index in [1.165, 1.54) is 28.8 Å². The van der Waals surface area contributed by atoms with E-state index in [4.69, 9.17) is 4.74 Å². The minimum absolute atomic E-state index is 0.157. The Balaban J connectivity index is 1.83. The van der Waals surface area contributed by atoms with Gasteiger partial charge in [-0.05, 0) is 43.0 Å². The van der Waals surface area contributed by atoms with Gasteiger partial charge in [0.25, 0.3) is 5.91 Å². The molecule has 2 amide bonds. The summed E-state index contributed by atoms with van der Waals surface area (Å²) >= 11 is 1.41. The van der Waals surface area contributed by atoms with Crippen LogP contribution in [0.1, 0.15) is 22.8 Å². The second-order valence-electron chi connectivity index (χ2n) is 6.09. The molecule has 0 saturated carbocycles. The summed E-state index contributed by atoms with van der Waals surface area (Å²) in [5.74, 6) is -1.75. The van der Waals surface area contributed by atoms with E-state index >= 15 is 0 Å². The van der Waals surface area contributed by atoms with Crippen LogP contribution in [0.4, 0.5) is 4.39 Å². The van der Waals surface area contributed by atoms with Crippen molar-refractivity contribution in [3.8, 4) is 0 Å². The molecule has 0 spiro atoms. The number of rotatable bonds is 9. The molecule has 154 valence electrons. The molecular formula is C21H23FN2O4S. The number of thioether (sulfide) groups is 1. The topological polar surface area (TPSA) is 75.7 Å². The monoisotopic (exact) mass is 418 g/mol. The van der Waals surface area contributed by atoms with Crippen molar-refractivity contribution in [2.24, 2.45) is 0 Å². The maximum atomic E-state index is 12.9. The highest BCUT2D eigenvalue weighted by atomic mass is 32.2. The number of ether oxygens (including phenoxy) is 1. The lowest BCUT2D eigenvalue weighted by Crippen LogP contribution is -2.42. The van der Waals surface area contributed by atoms with E-state index in [-0.39, 0.29) is 24.8 Å². The van der Waals surface area contributed by atoms with Crippen molar-refractivity contribution >= 4 is 29.5 Å². The number of nitrogens with zero attached hydrogens (tertiary/aromatic N) is 1. The van der Waals surface area contributed by atoms with E-state index in [1.807, 2.05) is 12.3 Å². The highest BCUT2D eigenvalue weighted by molar-refractivity contribution is 7.98. The number of hydrogen-bond donors (Lipinski definition) is 1. The molecule has 2 rings (SSSR count). The molecule has 6 nitrogen and oxygen atoms in total. The Labute approximate surface area is 173 Å². The summed E-state index contributed by atoms with van der Waals surface area (Å²) < 4.78 is 18.0. The van der Waals surface area contributed by atoms with Crippen molar-refractivity contribution in [1.82, 2.24) is 10.2 Å². The zero-order valence-corrected chi connectivity index (χ0v) is 17.1. The minimum Gasteiger partial charge on any atom is -0.452 e. The Hall–Kier alpha value is -2.87. The van der Waals surface area contributed by atoms with Gasteiger partial charge in [0.2, 0.25) is 5.91 Å². The van der Waals surface area contributed by atoms with Gasteiger partial charge >= 0.3 is 5.97 Å². The molecule has 8 heteroatoms. The van der Waals surface area contributed by atoms with Crippen LogP contribution < -0.4 is 5.32 Å². The molecule has 0 radical (unpaired) electrons. The lowest BCUT2D eigenvalue weighted by atomic mass is 10.2. The largest absolute Gasteiger partial charge is 0.452 e. The van der Waals surface area contributed by atoms with Crippen LogP contribution in [-0.4, -0.2) is 48.6 Å². The van der Waals surface area contributed by atoms with Crippen LogP contribution in [0.15, 0.2) is 53.4 Å². The first-order valence-electron chi connectivity index (χ1n) is 9.03. The van der Waals surface area contributed by atoms with E-state index in [0.717, 1.165) is 10.5 Å². The van der Waals surface area contributed by atoms with Crippen molar-refractivity contribution in [2.45, 2.75) is 18.4 Å². The van der Waals surface area contributed by atoms with Gasteiger partial charge in [0.05, 0.1) is 12.1 Å². The van der Waals surface area contributed by atoms with Crippen molar-refractivity contribution < 1.29 is 23.5 Å². The molecular weight excluding hydrogens is 395 g/mol. The number of hydrogen-bond acceptors (Lipinski definition) is 5. The normalized spacial score (nSPS) is 10.3. The number of amides is 2. The predicted molar refractivity (Wildman–Crippen MR) is 109 cm³/mol. The zero-order valence-electron chi connectivity index (χ0n) is 16.3. The summed E-state index contributed by atoms with van der Waals surface area (Å²) in [5, 5.41) is 2.68. The highest BCUT2D eigenvalue weighted by Crippen LogP contribution is 2.20. The van der Waals surface area contributed by atoms with Crippen molar-refractivity contribution in [1.29, 1.82) is 0 Å². The van der Waals surface area contributed by atoms with Gasteiger partial charge in [-0.2, -0.15) is 0 Å². The first kappa shape index (κ1) is 22.4. The fourth-order valence-corrected chi connectivity index (χ4v) is 3.10. The molecule has 0 atom stereocenters. The predicted octanol–water partition coefficient (Wildman–Crippen LogP) is 2.87. The van der Waals surface area contributed by atoms with Crippen LogP contribution in [0.3, 0.4) is 0 Å². The van der Waals surface area contributed by atoms with Gasteiger partial charge in [0.1, 0.15) is 5.82 Å². The molecule has 0 aromatic heterocycles. The summed E-state index contributed by atoms with van der Waals surface area (Å²) in [6, 6.07) is 12.7. The van der Waals surface area contributed by atoms with Crippen LogP contribution >= 0.6 is 11.8 Å². The second-order valence-corrected chi connectivity index (χ2v) is 6.94. The van der Waals surface area contributed by atoms with Gasteiger partial charge in [-0.1, -0.05) is 24.3 Å². The molecule has 2 aromatic carbocycles. The molecule has 0 heterocycles. The van der Waals surface area contributed by atoms with Gasteiger partial charge in [0.15, 0.2) is 6.61 Å². The zero-order chi connectivity index (χ0) is 21.2. The molecule has 1 N–H and O–H groups in total. The first-order valence-corrected chi connectivity index (χ1v) is 10.3. The highest BCUT2D eigenvalue weighted by Gasteiger charge is 2.19. The smallest absolute Gasteiger partial charge is 0.339 e. The Morgan fingerprint density at radius 2 is 1.79 bits per heavy atom. The SMILES string of the molecule is CCN(CC(=O)NCc1ccc(F)cc1)C(=O)COC(=O)c1ccccc1SC. The summed E-state index contributed by atoms with van der Waals surface area (Å²) in [6.07, 6.45) is 1.85. The maximum Gasteiger partial charge on any atom is 0.339 e. The van der Waals surface area contributed by atoms with Crippen molar-refractivity contribution in [3.05, 3.63) is 65.5 Å². The molecule has 0 aliphatic heterocycles. The average Bonchev–Trinajstić information content (AvgIpc) is 2.75. The Bertz CT molecular complexity index is 858. The lowest BCUT2D eigenvalue weighted by molar-refractivity contribution is -0.138. The number of esters is 1. The van der Waals surface area contributed by atoms with Crippen molar-refractivity contribution in [2.75, 3.05) is 26.0 Å². The maximum absolute atomic E-state index is 12.9. The molecule has 0 fully saturated rings. The van der Waals surface area contributed by atoms with Crippen LogP contribution in [0, 0.1) is 5.82 Å². The summed E-state index contributed by atoms with van der Waals surface area (Å²) in [5.41, 5.74) is 1.14. The van der Waals surface area contributed by atoms with Gasteiger partial charge < -0.3 is 15.0 Å². The molecule has 0 aliphatic carbocycles. The number of carbonyl (C=O) groups excluding carboxylic acids is 3. The fourth-order valence-electron chi connectivity index (χ4n) is 2.52. The molecule has 0 aliphatic rings. The lowest BCUT2D eigenvalue weighted by Gasteiger charge is -2.20.